The van der Waals surface area contributed by atoms with Gasteiger partial charge in [-0.15, -0.1) is 0 Å². The lowest BCUT2D eigenvalue weighted by Crippen LogP contribution is -2.32. The van der Waals surface area contributed by atoms with E-state index in [4.69, 9.17) is 4.74 Å². The number of ether oxygens (including phenoxy) is 1. The quantitative estimate of drug-likeness (QED) is 0.171. The Morgan fingerprint density at radius 3 is 1.50 bits per heavy atom. The first kappa shape index (κ1) is 43.6. The summed E-state index contributed by atoms with van der Waals surface area (Å²) >= 11 is 1.88. The van der Waals surface area contributed by atoms with Crippen molar-refractivity contribution in [3.05, 3.63) is 324 Å². The number of nitrogens with zero attached hydrogens (tertiary/aromatic N) is 2. The average Bonchev–Trinajstić information content (AvgIpc) is 3.49. The van der Waals surface area contributed by atoms with Gasteiger partial charge in [0.05, 0.1) is 21.9 Å². The molecule has 4 heteroatoms. The Labute approximate surface area is 456 Å². The predicted octanol–water partition coefficient (Wildman–Crippen LogP) is 19.2. The van der Waals surface area contributed by atoms with E-state index in [0.717, 1.165) is 50.9 Å². The zero-order valence-corrected chi connectivity index (χ0v) is 43.1. The largest absolute Gasteiger partial charge is 0.457 e. The van der Waals surface area contributed by atoms with E-state index in [0.29, 0.717) is 0 Å². The number of fused-ring (bicyclic) bond motifs is 21. The molecule has 364 valence electrons. The molecule has 17 rings (SSSR count). The average molecular weight is 1010 g/mol. The van der Waals surface area contributed by atoms with Gasteiger partial charge in [0.15, 0.2) is 0 Å². The van der Waals surface area contributed by atoms with E-state index in [1.807, 2.05) is 11.8 Å². The summed E-state index contributed by atoms with van der Waals surface area (Å²) in [5.74, 6) is 1.77. The highest BCUT2D eigenvalue weighted by Crippen LogP contribution is 2.65. The molecule has 0 unspecified atom stereocenters. The molecule has 1 aromatic heterocycles. The van der Waals surface area contributed by atoms with E-state index in [1.54, 1.807) is 0 Å². The molecule has 12 aromatic carbocycles. The maximum absolute atomic E-state index is 6.77. The summed E-state index contributed by atoms with van der Waals surface area (Å²) in [4.78, 5) is 5.09. The fourth-order valence-corrected chi connectivity index (χ4v) is 15.4. The Morgan fingerprint density at radius 1 is 0.308 bits per heavy atom. The topological polar surface area (TPSA) is 17.4 Å². The van der Waals surface area contributed by atoms with E-state index in [-0.39, 0.29) is 0 Å². The van der Waals surface area contributed by atoms with Gasteiger partial charge in [0.25, 0.3) is 0 Å². The summed E-state index contributed by atoms with van der Waals surface area (Å²) in [7, 11) is 0. The number of benzene rings is 12. The second-order valence-corrected chi connectivity index (χ2v) is 22.1. The first-order valence-corrected chi connectivity index (χ1v) is 27.7. The highest BCUT2D eigenvalue weighted by molar-refractivity contribution is 7.99. The molecule has 2 spiro atoms. The molecule has 3 heterocycles. The number of hydrogen-bond acceptors (Lipinski definition) is 3. The summed E-state index contributed by atoms with van der Waals surface area (Å²) in [5, 5.41) is 2.48. The Morgan fingerprint density at radius 2 is 0.795 bits per heavy atom. The normalized spacial score (nSPS) is 14.2. The first-order chi connectivity index (χ1) is 38.7. The van der Waals surface area contributed by atoms with Crippen LogP contribution in [0.25, 0.3) is 60.9 Å². The van der Waals surface area contributed by atoms with Crippen LogP contribution in [0.1, 0.15) is 44.5 Å². The van der Waals surface area contributed by atoms with Gasteiger partial charge in [-0.25, -0.2) is 0 Å². The molecule has 0 saturated carbocycles. The van der Waals surface area contributed by atoms with Gasteiger partial charge < -0.3 is 14.2 Å². The number of hydrogen-bond donors (Lipinski definition) is 0. The molecule has 0 bridgehead atoms. The molecular weight excluding hydrogens is 965 g/mol. The van der Waals surface area contributed by atoms with E-state index in [1.165, 1.54) is 92.8 Å². The van der Waals surface area contributed by atoms with Crippen molar-refractivity contribution in [2.45, 2.75) is 20.6 Å². The van der Waals surface area contributed by atoms with Gasteiger partial charge in [0, 0.05) is 54.4 Å². The molecule has 2 aliphatic heterocycles. The molecule has 0 saturated heterocycles. The lowest BCUT2D eigenvalue weighted by Gasteiger charge is -2.40. The van der Waals surface area contributed by atoms with Crippen LogP contribution in [0.2, 0.25) is 0 Å². The molecule has 3 nitrogen and oxygen atoms in total. The van der Waals surface area contributed by atoms with Crippen LogP contribution in [0.15, 0.2) is 289 Å². The number of aromatic nitrogens is 1. The minimum absolute atomic E-state index is 0.473. The lowest BCUT2D eigenvalue weighted by molar-refractivity contribution is 0.436. The Balaban J connectivity index is 0.882. The number of anilines is 3. The van der Waals surface area contributed by atoms with Crippen molar-refractivity contribution < 1.29 is 4.74 Å². The summed E-state index contributed by atoms with van der Waals surface area (Å²) < 4.78 is 9.16. The van der Waals surface area contributed by atoms with Crippen molar-refractivity contribution in [3.8, 4) is 50.6 Å². The van der Waals surface area contributed by atoms with Gasteiger partial charge >= 0.3 is 0 Å². The van der Waals surface area contributed by atoms with E-state index >= 15 is 0 Å². The Bertz CT molecular complexity index is 4560. The van der Waals surface area contributed by atoms with Crippen molar-refractivity contribution >= 4 is 50.6 Å². The van der Waals surface area contributed by atoms with Crippen molar-refractivity contribution in [1.82, 2.24) is 4.57 Å². The molecule has 2 aliphatic carbocycles. The van der Waals surface area contributed by atoms with Gasteiger partial charge in [0.2, 0.25) is 0 Å². The van der Waals surface area contributed by atoms with E-state index < -0.39 is 10.8 Å². The number of para-hydroxylation sites is 4. The fraction of sp³-hybridized carbons (Fsp3) is 0.0270. The van der Waals surface area contributed by atoms with Crippen molar-refractivity contribution in [2.75, 3.05) is 4.90 Å². The fourth-order valence-electron chi connectivity index (χ4n) is 14.2. The summed E-state index contributed by atoms with van der Waals surface area (Å²) in [6.07, 6.45) is 0. The van der Waals surface area contributed by atoms with Gasteiger partial charge in [-0.05, 0) is 158 Å². The molecule has 4 aliphatic rings. The maximum Gasteiger partial charge on any atom is 0.132 e. The van der Waals surface area contributed by atoms with Crippen LogP contribution in [0.5, 0.6) is 11.5 Å². The predicted molar refractivity (Wildman–Crippen MR) is 320 cm³/mol. The zero-order chi connectivity index (χ0) is 51.1. The molecule has 0 fully saturated rings. The molecule has 78 heavy (non-hydrogen) atoms. The van der Waals surface area contributed by atoms with Crippen LogP contribution in [0.3, 0.4) is 0 Å². The van der Waals surface area contributed by atoms with Crippen LogP contribution in [-0.2, 0) is 10.8 Å². The molecular formula is C74H46N2OS. The minimum Gasteiger partial charge on any atom is -0.457 e. The third-order valence-corrected chi connectivity index (χ3v) is 18.5. The first-order valence-electron chi connectivity index (χ1n) is 26.9. The van der Waals surface area contributed by atoms with Crippen LogP contribution in [0.4, 0.5) is 17.1 Å². The van der Waals surface area contributed by atoms with Crippen molar-refractivity contribution in [3.63, 3.8) is 0 Å². The zero-order valence-electron chi connectivity index (χ0n) is 42.3. The summed E-state index contributed by atoms with van der Waals surface area (Å²) in [5.41, 5.74) is 23.2. The van der Waals surface area contributed by atoms with Gasteiger partial charge in [0.1, 0.15) is 11.5 Å². The van der Waals surface area contributed by atoms with E-state index in [9.17, 15) is 0 Å². The highest BCUT2D eigenvalue weighted by Gasteiger charge is 2.52. The van der Waals surface area contributed by atoms with Crippen LogP contribution < -0.4 is 9.64 Å². The van der Waals surface area contributed by atoms with Gasteiger partial charge in [-0.3, -0.25) is 0 Å². The maximum atomic E-state index is 6.77. The van der Waals surface area contributed by atoms with Crippen LogP contribution in [-0.4, -0.2) is 4.57 Å². The summed E-state index contributed by atoms with van der Waals surface area (Å²) in [6.45, 7) is 0. The molecule has 0 amide bonds. The van der Waals surface area contributed by atoms with Crippen molar-refractivity contribution in [1.29, 1.82) is 0 Å². The van der Waals surface area contributed by atoms with E-state index in [2.05, 4.69) is 289 Å². The Hall–Kier alpha value is -9.61. The third kappa shape index (κ3) is 5.84. The van der Waals surface area contributed by atoms with Crippen molar-refractivity contribution in [2.24, 2.45) is 0 Å². The lowest BCUT2D eigenvalue weighted by atomic mass is 9.66. The molecule has 0 N–H and O–H groups in total. The molecule has 13 aromatic rings. The second kappa shape index (κ2) is 16.4. The van der Waals surface area contributed by atoms with Crippen LogP contribution >= 0.6 is 11.8 Å². The van der Waals surface area contributed by atoms with Gasteiger partial charge in [-0.1, -0.05) is 200 Å². The smallest absolute Gasteiger partial charge is 0.132 e. The summed E-state index contributed by atoms with van der Waals surface area (Å²) in [6, 6.07) is 104. The Kier molecular flexibility index (Phi) is 9.20. The molecule has 0 radical (unpaired) electrons. The molecule has 0 atom stereocenters. The van der Waals surface area contributed by atoms with Crippen LogP contribution in [0, 0.1) is 0 Å². The SMILES string of the molecule is c1ccc(-n2c3ccccc3c3cc(-c4ccc(N(c5ccc6c(c5)-c5ccccc5C65c6ccccc6Sc6ccccc65)c5ccc6c(c5)C5(c7ccccc7Oc7ccccc75)c5ccccc5-6)cc4)ccc32)cc1. The number of rotatable bonds is 5. The highest BCUT2D eigenvalue weighted by atomic mass is 32.2. The standard InChI is InChI=1S/C74H46N2OS/c1-2-18-49(19-3-1)76-67-29-13-6-22-56(67)58-44-48(36-43-68(58)76)47-34-37-50(38-35-47)75(51-40-42-61-57(45-51)54-21-5-8-24-60(54)73(61)64-27-11-16-32-71(64)78-72-33-17-12-28-65(72)73)52-39-41-55-53-20-4-7-23-59(53)74(66(55)46-52)62-25-9-14-30-69(62)77-70-31-15-10-26-63(70)74/h1-46H. The minimum atomic E-state index is -0.617. The second-order valence-electron chi connectivity index (χ2n) is 21.0. The monoisotopic (exact) mass is 1010 g/mol. The third-order valence-electron chi connectivity index (χ3n) is 17.3. The van der Waals surface area contributed by atoms with Gasteiger partial charge in [-0.2, -0.15) is 0 Å².